The van der Waals surface area contributed by atoms with Crippen molar-refractivity contribution in [3.8, 4) is 5.75 Å². The van der Waals surface area contributed by atoms with Crippen LogP contribution < -0.4 is 4.74 Å². The highest BCUT2D eigenvalue weighted by Gasteiger charge is 1.97. The van der Waals surface area contributed by atoms with Crippen molar-refractivity contribution >= 4 is 6.08 Å². The maximum Gasteiger partial charge on any atom is 0.126 e. The lowest BCUT2D eigenvalue weighted by molar-refractivity contribution is 0.339. The van der Waals surface area contributed by atoms with Gasteiger partial charge in [-0.05, 0) is 25.1 Å². The third-order valence-corrected chi connectivity index (χ3v) is 1.67. The third kappa shape index (κ3) is 2.98. The van der Waals surface area contributed by atoms with Gasteiger partial charge in [-0.15, -0.1) is 0 Å². The summed E-state index contributed by atoms with van der Waals surface area (Å²) in [4.78, 5) is 0. The highest BCUT2D eigenvalue weighted by Crippen LogP contribution is 2.19. The molecule has 0 aliphatic heterocycles. The van der Waals surface area contributed by atoms with E-state index in [4.69, 9.17) is 9.84 Å². The largest absolute Gasteiger partial charge is 0.509 e. The van der Waals surface area contributed by atoms with Crippen LogP contribution in [0.5, 0.6) is 5.75 Å². The fourth-order valence-electron chi connectivity index (χ4n) is 1.09. The second-order valence-electron chi connectivity index (χ2n) is 2.80. The Morgan fingerprint density at radius 2 is 2.21 bits per heavy atom. The maximum absolute atomic E-state index is 8.91. The molecular weight excluding hydrogens is 176 g/mol. The molecule has 0 saturated carbocycles. The first-order valence-electron chi connectivity index (χ1n) is 4.52. The van der Waals surface area contributed by atoms with E-state index in [1.54, 1.807) is 6.08 Å². The molecular formula is C12H14O2. The van der Waals surface area contributed by atoms with Gasteiger partial charge in [-0.1, -0.05) is 24.8 Å². The Labute approximate surface area is 84.1 Å². The molecule has 0 spiro atoms. The number of benzene rings is 1. The van der Waals surface area contributed by atoms with Crippen molar-refractivity contribution in [2.75, 3.05) is 6.61 Å². The average Bonchev–Trinajstić information content (AvgIpc) is 2.17. The molecule has 0 unspecified atom stereocenters. The summed E-state index contributed by atoms with van der Waals surface area (Å²) in [5.74, 6) is 0.851. The first kappa shape index (κ1) is 10.4. The van der Waals surface area contributed by atoms with Crippen LogP contribution in [0.2, 0.25) is 0 Å². The van der Waals surface area contributed by atoms with Crippen molar-refractivity contribution in [3.63, 3.8) is 0 Å². The molecule has 74 valence electrons. The van der Waals surface area contributed by atoms with Crippen LogP contribution in [0.25, 0.3) is 6.08 Å². The molecule has 0 atom stereocenters. The first-order chi connectivity index (χ1) is 6.74. The molecule has 0 aliphatic carbocycles. The Balaban J connectivity index is 2.89. The Bertz CT molecular complexity index is 340. The van der Waals surface area contributed by atoms with Gasteiger partial charge in [-0.25, -0.2) is 0 Å². The minimum Gasteiger partial charge on any atom is -0.509 e. The van der Waals surface area contributed by atoms with Gasteiger partial charge in [0.25, 0.3) is 0 Å². The number of allylic oxidation sites excluding steroid dienone is 1. The molecule has 1 rings (SSSR count). The van der Waals surface area contributed by atoms with Gasteiger partial charge in [0.15, 0.2) is 0 Å². The van der Waals surface area contributed by atoms with E-state index < -0.39 is 0 Å². The van der Waals surface area contributed by atoms with E-state index in [1.165, 1.54) is 6.08 Å². The predicted octanol–water partition coefficient (Wildman–Crippen LogP) is 3.17. The molecule has 2 nitrogen and oxygen atoms in total. The maximum atomic E-state index is 8.91. The van der Waals surface area contributed by atoms with E-state index in [0.29, 0.717) is 6.61 Å². The van der Waals surface area contributed by atoms with Crippen LogP contribution in [0.4, 0.5) is 0 Å². The monoisotopic (exact) mass is 190 g/mol. The van der Waals surface area contributed by atoms with Crippen molar-refractivity contribution in [3.05, 3.63) is 48.2 Å². The molecule has 0 heterocycles. The number of para-hydroxylation sites is 1. The molecule has 14 heavy (non-hydrogen) atoms. The van der Waals surface area contributed by atoms with E-state index in [0.717, 1.165) is 11.3 Å². The number of rotatable bonds is 4. The normalized spacial score (nSPS) is 10.4. The van der Waals surface area contributed by atoms with Gasteiger partial charge in [0.2, 0.25) is 0 Å². The summed E-state index contributed by atoms with van der Waals surface area (Å²) in [5.41, 5.74) is 0.935. The molecule has 0 amide bonds. The quantitative estimate of drug-likeness (QED) is 0.583. The van der Waals surface area contributed by atoms with Crippen LogP contribution in [-0.4, -0.2) is 11.7 Å². The molecule has 2 heteroatoms. The molecule has 1 aromatic rings. The lowest BCUT2D eigenvalue weighted by Crippen LogP contribution is -1.93. The number of hydrogen-bond donors (Lipinski definition) is 1. The first-order valence-corrected chi connectivity index (χ1v) is 4.52. The topological polar surface area (TPSA) is 29.5 Å². The van der Waals surface area contributed by atoms with E-state index in [2.05, 4.69) is 6.58 Å². The lowest BCUT2D eigenvalue weighted by Gasteiger charge is -2.05. The van der Waals surface area contributed by atoms with Crippen LogP contribution in [0.3, 0.4) is 0 Å². The second kappa shape index (κ2) is 5.12. The van der Waals surface area contributed by atoms with Crippen LogP contribution in [-0.2, 0) is 0 Å². The fraction of sp³-hybridized carbons (Fsp3) is 0.167. The highest BCUT2D eigenvalue weighted by atomic mass is 16.5. The molecule has 0 saturated heterocycles. The number of hydrogen-bond acceptors (Lipinski definition) is 2. The SMILES string of the molecule is C=C(O)/C=C/c1ccccc1OCC. The van der Waals surface area contributed by atoms with Crippen molar-refractivity contribution in [1.29, 1.82) is 0 Å². The minimum atomic E-state index is 0.0382. The predicted molar refractivity (Wildman–Crippen MR) is 58.4 cm³/mol. The summed E-state index contributed by atoms with van der Waals surface area (Å²) in [6.07, 6.45) is 3.31. The van der Waals surface area contributed by atoms with Crippen molar-refractivity contribution in [1.82, 2.24) is 0 Å². The Hall–Kier alpha value is -1.70. The smallest absolute Gasteiger partial charge is 0.126 e. The molecule has 0 aromatic heterocycles. The van der Waals surface area contributed by atoms with Crippen molar-refractivity contribution in [2.24, 2.45) is 0 Å². The average molecular weight is 190 g/mol. The van der Waals surface area contributed by atoms with Gasteiger partial charge in [0.1, 0.15) is 11.5 Å². The number of aliphatic hydroxyl groups excluding tert-OH is 1. The Kier molecular flexibility index (Phi) is 3.80. The third-order valence-electron chi connectivity index (χ3n) is 1.67. The Morgan fingerprint density at radius 3 is 2.86 bits per heavy atom. The van der Waals surface area contributed by atoms with E-state index in [1.807, 2.05) is 31.2 Å². The standard InChI is InChI=1S/C12H14O2/c1-3-14-12-7-5-4-6-11(12)9-8-10(2)13/h4-9,13H,2-3H2,1H3/b9-8+. The van der Waals surface area contributed by atoms with Crippen LogP contribution >= 0.6 is 0 Å². The van der Waals surface area contributed by atoms with E-state index in [-0.39, 0.29) is 5.76 Å². The molecule has 1 aromatic carbocycles. The molecule has 0 aliphatic rings. The zero-order chi connectivity index (χ0) is 10.4. The van der Waals surface area contributed by atoms with Gasteiger partial charge in [0, 0.05) is 5.56 Å². The van der Waals surface area contributed by atoms with E-state index in [9.17, 15) is 0 Å². The summed E-state index contributed by atoms with van der Waals surface area (Å²) in [6, 6.07) is 7.65. The summed E-state index contributed by atoms with van der Waals surface area (Å²) >= 11 is 0. The van der Waals surface area contributed by atoms with Crippen molar-refractivity contribution < 1.29 is 9.84 Å². The van der Waals surface area contributed by atoms with Crippen LogP contribution in [0, 0.1) is 0 Å². The van der Waals surface area contributed by atoms with E-state index >= 15 is 0 Å². The zero-order valence-corrected chi connectivity index (χ0v) is 8.23. The summed E-state index contributed by atoms with van der Waals surface area (Å²) in [6.45, 7) is 5.94. The molecule has 0 bridgehead atoms. The molecule has 1 N–H and O–H groups in total. The zero-order valence-electron chi connectivity index (χ0n) is 8.23. The summed E-state index contributed by atoms with van der Waals surface area (Å²) in [5, 5.41) is 8.91. The number of ether oxygens (including phenoxy) is 1. The van der Waals surface area contributed by atoms with Gasteiger partial charge >= 0.3 is 0 Å². The lowest BCUT2D eigenvalue weighted by atomic mass is 10.2. The molecule has 0 radical (unpaired) electrons. The van der Waals surface area contributed by atoms with Gasteiger partial charge < -0.3 is 9.84 Å². The highest BCUT2D eigenvalue weighted by molar-refractivity contribution is 5.58. The Morgan fingerprint density at radius 1 is 1.50 bits per heavy atom. The summed E-state index contributed by atoms with van der Waals surface area (Å²) in [7, 11) is 0. The second-order valence-corrected chi connectivity index (χ2v) is 2.80. The molecule has 0 fully saturated rings. The van der Waals surface area contributed by atoms with Crippen LogP contribution in [0.1, 0.15) is 12.5 Å². The van der Waals surface area contributed by atoms with Gasteiger partial charge in [0.05, 0.1) is 6.61 Å². The summed E-state index contributed by atoms with van der Waals surface area (Å²) < 4.78 is 5.41. The fourth-order valence-corrected chi connectivity index (χ4v) is 1.09. The van der Waals surface area contributed by atoms with Crippen LogP contribution in [0.15, 0.2) is 42.7 Å². The van der Waals surface area contributed by atoms with Crippen molar-refractivity contribution in [2.45, 2.75) is 6.92 Å². The number of aliphatic hydroxyl groups is 1. The van der Waals surface area contributed by atoms with Gasteiger partial charge in [-0.2, -0.15) is 0 Å². The van der Waals surface area contributed by atoms with Gasteiger partial charge in [-0.3, -0.25) is 0 Å². The minimum absolute atomic E-state index is 0.0382.